The van der Waals surface area contributed by atoms with E-state index in [2.05, 4.69) is 5.32 Å². The van der Waals surface area contributed by atoms with Crippen LogP contribution < -0.4 is 5.32 Å². The van der Waals surface area contributed by atoms with Gasteiger partial charge >= 0.3 is 0 Å². The van der Waals surface area contributed by atoms with Gasteiger partial charge in [0, 0.05) is 6.92 Å². The summed E-state index contributed by atoms with van der Waals surface area (Å²) in [6.07, 6.45) is -25.4. The predicted octanol–water partition coefficient (Wildman–Crippen LogP) is -7.66. The number of hydrogen-bond acceptors (Lipinski definition) is 18. The Morgan fingerprint density at radius 3 is 1.88 bits per heavy atom. The monoisotopic (exact) mass is 633 g/mol. The van der Waals surface area contributed by atoms with E-state index >= 15 is 0 Å². The third-order valence-corrected chi connectivity index (χ3v) is 7.49. The number of nitrogens with one attached hydrogen (secondary N) is 1. The molecule has 1 amide bonds. The van der Waals surface area contributed by atoms with E-state index in [0.29, 0.717) is 0 Å². The highest BCUT2D eigenvalue weighted by Crippen LogP contribution is 2.32. The molecule has 0 saturated carbocycles. The summed E-state index contributed by atoms with van der Waals surface area (Å²) < 4.78 is 33.2. The fourth-order valence-electron chi connectivity index (χ4n) is 4.98. The summed E-state index contributed by atoms with van der Waals surface area (Å²) in [6, 6.07) is -1.43. The molecule has 3 saturated heterocycles. The van der Waals surface area contributed by atoms with Gasteiger partial charge in [-0.25, -0.2) is 0 Å². The van der Waals surface area contributed by atoms with Crippen LogP contribution in [0.15, 0.2) is 0 Å². The van der Waals surface area contributed by atoms with Crippen molar-refractivity contribution in [2.45, 2.75) is 118 Å². The maximum atomic E-state index is 11.7. The van der Waals surface area contributed by atoms with Crippen LogP contribution in [0, 0.1) is 0 Å². The van der Waals surface area contributed by atoms with Crippen molar-refractivity contribution in [2.75, 3.05) is 26.4 Å². The first kappa shape index (κ1) is 36.3. The van der Waals surface area contributed by atoms with Gasteiger partial charge in [0.15, 0.2) is 18.9 Å². The second kappa shape index (κ2) is 15.9. The van der Waals surface area contributed by atoms with Crippen LogP contribution in [0.25, 0.3) is 0 Å². The number of rotatable bonds is 12. The van der Waals surface area contributed by atoms with Crippen molar-refractivity contribution in [1.82, 2.24) is 5.32 Å². The molecule has 12 N–H and O–H groups in total. The molecule has 0 aromatic carbocycles. The minimum absolute atomic E-state index is 0.570. The van der Waals surface area contributed by atoms with Crippen molar-refractivity contribution in [3.05, 3.63) is 0 Å². The molecular formula is C24H43NO18. The van der Waals surface area contributed by atoms with Crippen molar-refractivity contribution in [2.24, 2.45) is 0 Å². The summed E-state index contributed by atoms with van der Waals surface area (Å²) in [5, 5.41) is 114. The first-order chi connectivity index (χ1) is 20.2. The van der Waals surface area contributed by atoms with E-state index in [1.54, 1.807) is 0 Å². The Hall–Kier alpha value is -1.21. The van der Waals surface area contributed by atoms with Crippen LogP contribution in [0.3, 0.4) is 0 Å². The molecule has 3 fully saturated rings. The fourth-order valence-corrected chi connectivity index (χ4v) is 4.98. The van der Waals surface area contributed by atoms with Crippen molar-refractivity contribution in [3.8, 4) is 0 Å². The van der Waals surface area contributed by atoms with Gasteiger partial charge in [0.05, 0.1) is 32.5 Å². The largest absolute Gasteiger partial charge is 0.394 e. The van der Waals surface area contributed by atoms with Gasteiger partial charge < -0.3 is 89.9 Å². The van der Waals surface area contributed by atoms with Gasteiger partial charge in [-0.05, 0) is 6.92 Å². The smallest absolute Gasteiger partial charge is 0.217 e. The first-order valence-electron chi connectivity index (χ1n) is 13.7. The third-order valence-electron chi connectivity index (χ3n) is 7.49. The third kappa shape index (κ3) is 8.34. The number of amides is 1. The summed E-state index contributed by atoms with van der Waals surface area (Å²) in [5.41, 5.74) is 0. The molecule has 0 aromatic rings. The van der Waals surface area contributed by atoms with Crippen LogP contribution in [0.5, 0.6) is 0 Å². The van der Waals surface area contributed by atoms with Gasteiger partial charge in [0.25, 0.3) is 0 Å². The van der Waals surface area contributed by atoms with Crippen molar-refractivity contribution >= 4 is 5.91 Å². The highest BCUT2D eigenvalue weighted by molar-refractivity contribution is 5.73. The number of carbonyl (C=O) groups excluding carboxylic acids is 1. The Balaban J connectivity index is 1.74. The molecule has 0 radical (unpaired) electrons. The van der Waals surface area contributed by atoms with Crippen molar-refractivity contribution in [1.29, 1.82) is 0 Å². The Morgan fingerprint density at radius 1 is 0.721 bits per heavy atom. The molecule has 0 aromatic heterocycles. The molecule has 0 bridgehead atoms. The minimum atomic E-state index is -1.89. The van der Waals surface area contributed by atoms with Gasteiger partial charge in [-0.2, -0.15) is 0 Å². The molecule has 19 nitrogen and oxygen atoms in total. The number of aliphatic hydroxyl groups is 11. The summed E-state index contributed by atoms with van der Waals surface area (Å²) in [7, 11) is 0. The lowest BCUT2D eigenvalue weighted by molar-refractivity contribution is -0.373. The van der Waals surface area contributed by atoms with E-state index < -0.39 is 137 Å². The molecule has 3 aliphatic rings. The summed E-state index contributed by atoms with van der Waals surface area (Å²) in [5.74, 6) is -0.654. The summed E-state index contributed by atoms with van der Waals surface area (Å²) in [6.45, 7) is -0.376. The zero-order valence-electron chi connectivity index (χ0n) is 23.4. The molecule has 3 rings (SSSR count). The molecule has 17 atom stereocenters. The highest BCUT2D eigenvalue weighted by Gasteiger charge is 2.53. The van der Waals surface area contributed by atoms with Crippen molar-refractivity contribution < 1.29 is 89.4 Å². The zero-order valence-corrected chi connectivity index (χ0v) is 23.4. The summed E-state index contributed by atoms with van der Waals surface area (Å²) >= 11 is 0. The van der Waals surface area contributed by atoms with Crippen molar-refractivity contribution in [3.63, 3.8) is 0 Å². The minimum Gasteiger partial charge on any atom is -0.394 e. The second-order valence-electron chi connectivity index (χ2n) is 10.7. The Kier molecular flexibility index (Phi) is 13.4. The van der Waals surface area contributed by atoms with Crippen LogP contribution in [0.2, 0.25) is 0 Å². The van der Waals surface area contributed by atoms with E-state index in [9.17, 15) is 55.9 Å². The maximum Gasteiger partial charge on any atom is 0.217 e. The average molecular weight is 634 g/mol. The highest BCUT2D eigenvalue weighted by atomic mass is 16.8. The molecule has 3 aliphatic heterocycles. The molecule has 0 spiro atoms. The Labute approximate surface area is 245 Å². The lowest BCUT2D eigenvalue weighted by Crippen LogP contribution is -2.68. The lowest BCUT2D eigenvalue weighted by atomic mass is 9.95. The number of hydrogen-bond donors (Lipinski definition) is 12. The van der Waals surface area contributed by atoms with Crippen LogP contribution in [-0.2, 0) is 33.2 Å². The van der Waals surface area contributed by atoms with E-state index in [1.165, 1.54) is 6.92 Å². The second-order valence-corrected chi connectivity index (χ2v) is 10.7. The quantitative estimate of drug-likeness (QED) is 0.0949. The van der Waals surface area contributed by atoms with Crippen LogP contribution >= 0.6 is 0 Å². The average Bonchev–Trinajstić information content (AvgIpc) is 2.97. The molecule has 3 heterocycles. The topological polar surface area (TPSA) is 307 Å². The zero-order chi connectivity index (χ0) is 32.2. The van der Waals surface area contributed by atoms with Gasteiger partial charge in [-0.1, -0.05) is 0 Å². The van der Waals surface area contributed by atoms with Gasteiger partial charge in [0.1, 0.15) is 79.3 Å². The lowest BCUT2D eigenvalue weighted by Gasteiger charge is -2.48. The van der Waals surface area contributed by atoms with E-state index in [4.69, 9.17) is 33.5 Å². The first-order valence-corrected chi connectivity index (χ1v) is 13.7. The van der Waals surface area contributed by atoms with Crippen LogP contribution in [0.4, 0.5) is 0 Å². The SMILES string of the molecule is CC(=O)N[C@H]1[C@H](O[C@H]2[C@@H](O)[C@@H](CO)O[C@@H](O[C@@H]3[C@@H](O)[C@@H](O)[C@@H](OC[C@@H](O)[C@@H](O)CO)O[C@H]3C)[C@@H]2O)O[C@H](CO)[C@@H](O)[C@@H]1O. The molecular weight excluding hydrogens is 590 g/mol. The Bertz CT molecular complexity index is 872. The predicted molar refractivity (Wildman–Crippen MR) is 134 cm³/mol. The molecule has 0 aliphatic carbocycles. The Morgan fingerprint density at radius 2 is 1.30 bits per heavy atom. The number of ether oxygens (including phenoxy) is 6. The van der Waals surface area contributed by atoms with E-state index in [0.717, 1.165) is 6.92 Å². The van der Waals surface area contributed by atoms with Crippen LogP contribution in [0.1, 0.15) is 13.8 Å². The van der Waals surface area contributed by atoms with E-state index in [-0.39, 0.29) is 0 Å². The maximum absolute atomic E-state index is 11.7. The molecule has 19 heteroatoms. The van der Waals surface area contributed by atoms with Gasteiger partial charge in [-0.15, -0.1) is 0 Å². The number of aliphatic hydroxyl groups excluding tert-OH is 11. The molecule has 43 heavy (non-hydrogen) atoms. The molecule has 252 valence electrons. The fraction of sp³-hybridized carbons (Fsp3) is 0.958. The van der Waals surface area contributed by atoms with E-state index in [1.807, 2.05) is 0 Å². The van der Waals surface area contributed by atoms with Gasteiger partial charge in [-0.3, -0.25) is 4.79 Å². The normalized spacial score (nSPS) is 45.4. The standard InChI is InChI=1S/C24H43NO18/c1-7-20(17(35)18(36)23(39-7)38-6-10(31)9(30)3-26)42-24-19(37)21(15(33)12(5-28)41-24)43-22-13(25-8(2)29)16(34)14(32)11(4-27)40-22/h7,9-24,26-28,30-37H,3-6H2,1-2H3,(H,25,29)/t7-,9-,10+,11+,12+,13+,14+,15-,16+,17-,18+,19+,20-,21-,22-,23-,24-/m0/s1. The summed E-state index contributed by atoms with van der Waals surface area (Å²) in [4.78, 5) is 11.7. The van der Waals surface area contributed by atoms with Gasteiger partial charge in [0.2, 0.25) is 5.91 Å². The number of carbonyl (C=O) groups is 1. The molecule has 0 unspecified atom stereocenters. The van der Waals surface area contributed by atoms with Crippen LogP contribution in [-0.4, -0.2) is 193 Å².